The molecule has 0 N–H and O–H groups in total. The van der Waals surface area contributed by atoms with Crippen molar-refractivity contribution in [2.45, 2.75) is 31.8 Å². The van der Waals surface area contributed by atoms with Gasteiger partial charge in [-0.25, -0.2) is 23.5 Å². The molecule has 184 valence electrons. The standard InChI is InChI=1S/C26H19F2N7O2/c27-16-4-5-17(28)23-22(16)19(7-8-37-23)35-24-21(33(26(35)36)12-14-1-2-14)11-30-25(32-24)34-13-31-18-6-3-15(10-29)9-20(18)34/h3-6,9,11,13-14,19H,1-2,7-8,12H2/t19-/m1/s1. The Morgan fingerprint density at radius 3 is 2.73 bits per heavy atom. The van der Waals surface area contributed by atoms with Crippen LogP contribution >= 0.6 is 0 Å². The first-order chi connectivity index (χ1) is 18.0. The van der Waals surface area contributed by atoms with E-state index in [0.717, 1.165) is 25.0 Å². The van der Waals surface area contributed by atoms with E-state index in [4.69, 9.17) is 9.72 Å². The van der Waals surface area contributed by atoms with Gasteiger partial charge in [-0.1, -0.05) is 0 Å². The van der Waals surface area contributed by atoms with Gasteiger partial charge >= 0.3 is 5.69 Å². The maximum atomic E-state index is 15.1. The molecule has 11 heteroatoms. The molecule has 37 heavy (non-hydrogen) atoms. The highest BCUT2D eigenvalue weighted by Gasteiger charge is 2.34. The number of halogens is 2. The zero-order valence-corrected chi connectivity index (χ0v) is 19.4. The Morgan fingerprint density at radius 2 is 1.92 bits per heavy atom. The number of nitrogens with zero attached hydrogens (tertiary/aromatic N) is 7. The summed E-state index contributed by atoms with van der Waals surface area (Å²) >= 11 is 0. The van der Waals surface area contributed by atoms with Gasteiger partial charge in [0.2, 0.25) is 5.95 Å². The highest BCUT2D eigenvalue weighted by atomic mass is 19.1. The van der Waals surface area contributed by atoms with Crippen LogP contribution < -0.4 is 10.4 Å². The summed E-state index contributed by atoms with van der Waals surface area (Å²) in [6, 6.07) is 8.49. The van der Waals surface area contributed by atoms with Gasteiger partial charge in [0.1, 0.15) is 17.7 Å². The minimum Gasteiger partial charge on any atom is -0.490 e. The number of aromatic nitrogens is 6. The van der Waals surface area contributed by atoms with E-state index in [0.29, 0.717) is 40.2 Å². The average molecular weight is 499 g/mol. The van der Waals surface area contributed by atoms with Crippen molar-refractivity contribution in [3.8, 4) is 17.8 Å². The molecule has 3 aromatic heterocycles. The number of imidazole rings is 2. The molecule has 0 saturated heterocycles. The Morgan fingerprint density at radius 1 is 1.08 bits per heavy atom. The SMILES string of the molecule is N#Cc1ccc2ncn(-c3ncc4c(n3)n([C@@H]3CCOc5c(F)ccc(F)c53)c(=O)n4CC3CC3)c2c1. The van der Waals surface area contributed by atoms with Crippen LogP contribution in [0, 0.1) is 28.9 Å². The molecule has 0 amide bonds. The van der Waals surface area contributed by atoms with Gasteiger partial charge in [-0.2, -0.15) is 10.2 Å². The van der Waals surface area contributed by atoms with E-state index in [2.05, 4.69) is 16.0 Å². The molecule has 7 rings (SSSR count). The molecule has 9 nitrogen and oxygen atoms in total. The predicted octanol–water partition coefficient (Wildman–Crippen LogP) is 3.86. The summed E-state index contributed by atoms with van der Waals surface area (Å²) in [5.41, 5.74) is 2.24. The van der Waals surface area contributed by atoms with Gasteiger partial charge in [-0.15, -0.1) is 0 Å². The summed E-state index contributed by atoms with van der Waals surface area (Å²) in [6.07, 6.45) is 5.46. The Hall–Kier alpha value is -4.59. The van der Waals surface area contributed by atoms with E-state index < -0.39 is 17.7 Å². The molecule has 1 fully saturated rings. The molecule has 4 heterocycles. The van der Waals surface area contributed by atoms with Crippen LogP contribution in [0.15, 0.2) is 47.7 Å². The Bertz CT molecular complexity index is 1830. The second-order valence-electron chi connectivity index (χ2n) is 9.44. The number of fused-ring (bicyclic) bond motifs is 3. The largest absolute Gasteiger partial charge is 0.490 e. The van der Waals surface area contributed by atoms with E-state index in [1.165, 1.54) is 4.57 Å². The normalized spacial score (nSPS) is 17.1. The van der Waals surface area contributed by atoms with Crippen LogP contribution in [0.4, 0.5) is 8.78 Å². The molecule has 0 unspecified atom stereocenters. The molecular weight excluding hydrogens is 480 g/mol. The van der Waals surface area contributed by atoms with Crippen molar-refractivity contribution in [2.24, 2.45) is 5.92 Å². The second-order valence-corrected chi connectivity index (χ2v) is 9.44. The van der Waals surface area contributed by atoms with Crippen molar-refractivity contribution in [2.75, 3.05) is 6.61 Å². The first-order valence-electron chi connectivity index (χ1n) is 12.0. The van der Waals surface area contributed by atoms with Crippen LogP contribution in [0.1, 0.15) is 36.4 Å². The number of hydrogen-bond donors (Lipinski definition) is 0. The summed E-state index contributed by atoms with van der Waals surface area (Å²) in [7, 11) is 0. The van der Waals surface area contributed by atoms with Crippen LogP contribution in [-0.4, -0.2) is 35.3 Å². The summed E-state index contributed by atoms with van der Waals surface area (Å²) in [4.78, 5) is 27.4. The second kappa shape index (κ2) is 7.96. The number of hydrogen-bond acceptors (Lipinski definition) is 6. The molecule has 0 radical (unpaired) electrons. The van der Waals surface area contributed by atoms with Crippen LogP contribution in [-0.2, 0) is 6.54 Å². The number of benzene rings is 2. The van der Waals surface area contributed by atoms with E-state index in [1.54, 1.807) is 39.9 Å². The van der Waals surface area contributed by atoms with Gasteiger partial charge in [0.25, 0.3) is 0 Å². The zero-order valence-electron chi connectivity index (χ0n) is 19.4. The quantitative estimate of drug-likeness (QED) is 0.372. The molecule has 0 bridgehead atoms. The van der Waals surface area contributed by atoms with Crippen LogP contribution in [0.5, 0.6) is 5.75 Å². The molecule has 2 aliphatic rings. The highest BCUT2D eigenvalue weighted by Crippen LogP contribution is 2.39. The first-order valence-corrected chi connectivity index (χ1v) is 12.0. The first kappa shape index (κ1) is 21.7. The third-order valence-corrected chi connectivity index (χ3v) is 7.10. The third-order valence-electron chi connectivity index (χ3n) is 7.10. The smallest absolute Gasteiger partial charge is 0.330 e. The topological polar surface area (TPSA) is 104 Å². The van der Waals surface area contributed by atoms with Gasteiger partial charge in [0.05, 0.1) is 47.1 Å². The van der Waals surface area contributed by atoms with Crippen molar-refractivity contribution in [3.05, 3.63) is 76.1 Å². The molecule has 1 atom stereocenters. The minimum atomic E-state index is -0.803. The van der Waals surface area contributed by atoms with E-state index in [1.807, 2.05) is 0 Å². The lowest BCUT2D eigenvalue weighted by atomic mass is 9.99. The third kappa shape index (κ3) is 3.32. The number of nitriles is 1. The van der Waals surface area contributed by atoms with E-state index in [9.17, 15) is 14.4 Å². The molecule has 1 aliphatic carbocycles. The fourth-order valence-corrected chi connectivity index (χ4v) is 5.10. The van der Waals surface area contributed by atoms with Gasteiger partial charge < -0.3 is 4.74 Å². The summed E-state index contributed by atoms with van der Waals surface area (Å²) in [5.74, 6) is -0.867. The molecule has 2 aromatic carbocycles. The monoisotopic (exact) mass is 499 g/mol. The zero-order chi connectivity index (χ0) is 25.3. The van der Waals surface area contributed by atoms with Crippen LogP contribution in [0.25, 0.3) is 28.1 Å². The van der Waals surface area contributed by atoms with E-state index in [-0.39, 0.29) is 36.0 Å². The molecule has 1 aliphatic heterocycles. The summed E-state index contributed by atoms with van der Waals surface area (Å²) in [5, 5.41) is 9.33. The highest BCUT2D eigenvalue weighted by molar-refractivity contribution is 5.79. The summed E-state index contributed by atoms with van der Waals surface area (Å²) in [6.45, 7) is 0.632. The van der Waals surface area contributed by atoms with Gasteiger partial charge in [-0.05, 0) is 49.1 Å². The lowest BCUT2D eigenvalue weighted by Crippen LogP contribution is -2.32. The molecule has 1 saturated carbocycles. The predicted molar refractivity (Wildman–Crippen MR) is 128 cm³/mol. The molecular formula is C26H19F2N7O2. The number of rotatable bonds is 4. The molecule has 0 spiro atoms. The Labute approximate surface area is 208 Å². The van der Waals surface area contributed by atoms with Gasteiger partial charge in [0.15, 0.2) is 17.2 Å². The van der Waals surface area contributed by atoms with Crippen molar-refractivity contribution in [3.63, 3.8) is 0 Å². The Kier molecular flexibility index (Phi) is 4.66. The maximum Gasteiger partial charge on any atom is 0.330 e. The lowest BCUT2D eigenvalue weighted by Gasteiger charge is -2.27. The van der Waals surface area contributed by atoms with Crippen molar-refractivity contribution in [1.29, 1.82) is 5.26 Å². The van der Waals surface area contributed by atoms with Crippen LogP contribution in [0.3, 0.4) is 0 Å². The fraction of sp³-hybridized carbons (Fsp3) is 0.269. The maximum absolute atomic E-state index is 15.1. The van der Waals surface area contributed by atoms with E-state index >= 15 is 4.39 Å². The summed E-state index contributed by atoms with van der Waals surface area (Å²) < 4.78 is 39.8. The van der Waals surface area contributed by atoms with Crippen molar-refractivity contribution < 1.29 is 13.5 Å². The van der Waals surface area contributed by atoms with Gasteiger partial charge in [-0.3, -0.25) is 13.7 Å². The average Bonchev–Trinajstić information content (AvgIpc) is 3.58. The van der Waals surface area contributed by atoms with Crippen LogP contribution in [0.2, 0.25) is 0 Å². The molecule has 5 aromatic rings. The van der Waals surface area contributed by atoms with Crippen molar-refractivity contribution >= 4 is 22.2 Å². The minimum absolute atomic E-state index is 0.00530. The fourth-order valence-electron chi connectivity index (χ4n) is 5.10. The van der Waals surface area contributed by atoms with Gasteiger partial charge in [0, 0.05) is 13.0 Å². The van der Waals surface area contributed by atoms with Crippen molar-refractivity contribution in [1.82, 2.24) is 28.7 Å². The lowest BCUT2D eigenvalue weighted by molar-refractivity contribution is 0.238. The number of ether oxygens (including phenoxy) is 1. The Balaban J connectivity index is 1.48.